The van der Waals surface area contributed by atoms with Crippen molar-refractivity contribution in [2.45, 2.75) is 25.4 Å². The van der Waals surface area contributed by atoms with Crippen LogP contribution in [0.25, 0.3) is 0 Å². The zero-order valence-electron chi connectivity index (χ0n) is 8.77. The molecule has 1 aliphatic rings. The number of hydrogen-bond acceptors (Lipinski definition) is 4. The maximum atomic E-state index is 10.6. The standard InChI is InChI=1S/C11H15NO2S/c1-11(14)5-2-6-12(8-11)10-4-3-9(7-13)15-10/h3-4,7,14H,2,5-6,8H2,1H3. The smallest absolute Gasteiger partial charge is 0.160 e. The van der Waals surface area contributed by atoms with Gasteiger partial charge in [0.2, 0.25) is 0 Å². The van der Waals surface area contributed by atoms with Gasteiger partial charge in [0, 0.05) is 13.1 Å². The Morgan fingerprint density at radius 1 is 1.60 bits per heavy atom. The summed E-state index contributed by atoms with van der Waals surface area (Å²) in [7, 11) is 0. The van der Waals surface area contributed by atoms with Gasteiger partial charge in [-0.15, -0.1) is 11.3 Å². The van der Waals surface area contributed by atoms with Gasteiger partial charge in [-0.25, -0.2) is 0 Å². The fourth-order valence-corrected chi connectivity index (χ4v) is 2.83. The Morgan fingerprint density at radius 2 is 2.40 bits per heavy atom. The second-order valence-electron chi connectivity index (χ2n) is 4.32. The quantitative estimate of drug-likeness (QED) is 0.782. The molecule has 0 radical (unpaired) electrons. The van der Waals surface area contributed by atoms with Crippen molar-refractivity contribution in [2.75, 3.05) is 18.0 Å². The van der Waals surface area contributed by atoms with E-state index in [4.69, 9.17) is 0 Å². The highest BCUT2D eigenvalue weighted by atomic mass is 32.1. The first-order valence-electron chi connectivity index (χ1n) is 5.13. The molecule has 1 aromatic heterocycles. The second kappa shape index (κ2) is 3.94. The van der Waals surface area contributed by atoms with Gasteiger partial charge < -0.3 is 10.0 Å². The first kappa shape index (κ1) is 10.6. The maximum absolute atomic E-state index is 10.6. The predicted molar refractivity (Wildman–Crippen MR) is 61.8 cm³/mol. The molecule has 1 aliphatic heterocycles. The van der Waals surface area contributed by atoms with Crippen LogP contribution in [0.5, 0.6) is 0 Å². The molecule has 0 aliphatic carbocycles. The summed E-state index contributed by atoms with van der Waals surface area (Å²) in [5, 5.41) is 11.0. The lowest BCUT2D eigenvalue weighted by Gasteiger charge is -2.37. The molecule has 3 nitrogen and oxygen atoms in total. The van der Waals surface area contributed by atoms with Crippen LogP contribution in [0, 0.1) is 0 Å². The van der Waals surface area contributed by atoms with Crippen molar-refractivity contribution in [1.29, 1.82) is 0 Å². The van der Waals surface area contributed by atoms with Crippen molar-refractivity contribution in [3.63, 3.8) is 0 Å². The normalized spacial score (nSPS) is 26.7. The molecule has 15 heavy (non-hydrogen) atoms. The molecule has 1 atom stereocenters. The molecule has 1 aromatic rings. The van der Waals surface area contributed by atoms with Crippen molar-refractivity contribution in [2.24, 2.45) is 0 Å². The molecule has 0 saturated carbocycles. The summed E-state index contributed by atoms with van der Waals surface area (Å²) in [6.07, 6.45) is 2.73. The Labute approximate surface area is 93.3 Å². The van der Waals surface area contributed by atoms with Gasteiger partial charge in [0.05, 0.1) is 15.5 Å². The van der Waals surface area contributed by atoms with E-state index < -0.39 is 5.60 Å². The Bertz CT molecular complexity index is 359. The molecule has 0 amide bonds. The molecule has 1 N–H and O–H groups in total. The molecular formula is C11H15NO2S. The Hall–Kier alpha value is -0.870. The van der Waals surface area contributed by atoms with Crippen molar-refractivity contribution in [3.05, 3.63) is 17.0 Å². The van der Waals surface area contributed by atoms with E-state index in [2.05, 4.69) is 4.90 Å². The van der Waals surface area contributed by atoms with E-state index in [0.717, 1.165) is 35.6 Å². The summed E-state index contributed by atoms with van der Waals surface area (Å²) in [4.78, 5) is 13.5. The summed E-state index contributed by atoms with van der Waals surface area (Å²) >= 11 is 1.49. The zero-order chi connectivity index (χ0) is 10.9. The van der Waals surface area contributed by atoms with Crippen LogP contribution in [-0.2, 0) is 0 Å². The molecule has 1 saturated heterocycles. The summed E-state index contributed by atoms with van der Waals surface area (Å²) in [5.41, 5.74) is -0.594. The van der Waals surface area contributed by atoms with Gasteiger partial charge in [0.1, 0.15) is 0 Å². The third-order valence-electron chi connectivity index (χ3n) is 2.72. The van der Waals surface area contributed by atoms with Crippen LogP contribution in [0.2, 0.25) is 0 Å². The first-order valence-corrected chi connectivity index (χ1v) is 5.95. The molecule has 1 fully saturated rings. The van der Waals surface area contributed by atoms with Gasteiger partial charge in [-0.3, -0.25) is 4.79 Å². The number of aliphatic hydroxyl groups is 1. The number of rotatable bonds is 2. The van der Waals surface area contributed by atoms with Crippen molar-refractivity contribution < 1.29 is 9.90 Å². The third-order valence-corrected chi connectivity index (χ3v) is 3.79. The van der Waals surface area contributed by atoms with E-state index >= 15 is 0 Å². The molecule has 0 bridgehead atoms. The Kier molecular flexibility index (Phi) is 2.80. The van der Waals surface area contributed by atoms with Crippen LogP contribution in [0.1, 0.15) is 29.4 Å². The molecule has 2 rings (SSSR count). The van der Waals surface area contributed by atoms with E-state index in [9.17, 15) is 9.90 Å². The van der Waals surface area contributed by atoms with Crippen LogP contribution in [0.15, 0.2) is 12.1 Å². The predicted octanol–water partition coefficient (Wildman–Crippen LogP) is 1.91. The topological polar surface area (TPSA) is 40.5 Å². The van der Waals surface area contributed by atoms with Crippen LogP contribution < -0.4 is 4.90 Å². The van der Waals surface area contributed by atoms with E-state index in [-0.39, 0.29) is 0 Å². The van der Waals surface area contributed by atoms with E-state index in [1.165, 1.54) is 11.3 Å². The fraction of sp³-hybridized carbons (Fsp3) is 0.545. The largest absolute Gasteiger partial charge is 0.388 e. The number of piperidine rings is 1. The highest BCUT2D eigenvalue weighted by Crippen LogP contribution is 2.30. The molecule has 0 aromatic carbocycles. The number of anilines is 1. The van der Waals surface area contributed by atoms with Crippen molar-refractivity contribution in [3.8, 4) is 0 Å². The molecule has 1 unspecified atom stereocenters. The van der Waals surface area contributed by atoms with Crippen LogP contribution in [0.3, 0.4) is 0 Å². The number of aldehydes is 1. The van der Waals surface area contributed by atoms with Gasteiger partial charge in [-0.2, -0.15) is 0 Å². The average molecular weight is 225 g/mol. The highest BCUT2D eigenvalue weighted by molar-refractivity contribution is 7.17. The summed E-state index contributed by atoms with van der Waals surface area (Å²) in [6.45, 7) is 3.49. The maximum Gasteiger partial charge on any atom is 0.160 e. The van der Waals surface area contributed by atoms with Gasteiger partial charge in [0.25, 0.3) is 0 Å². The van der Waals surface area contributed by atoms with E-state index in [1.54, 1.807) is 0 Å². The Morgan fingerprint density at radius 3 is 3.00 bits per heavy atom. The Balaban J connectivity index is 2.13. The number of β-amino-alcohol motifs (C(OH)–C–C–N with tert-alkyl or cyclic N) is 1. The van der Waals surface area contributed by atoms with Gasteiger partial charge in [-0.05, 0) is 31.9 Å². The number of hydrogen-bond donors (Lipinski definition) is 1. The minimum absolute atomic E-state index is 0.594. The minimum Gasteiger partial charge on any atom is -0.388 e. The number of nitrogens with zero attached hydrogens (tertiary/aromatic N) is 1. The van der Waals surface area contributed by atoms with Crippen LogP contribution >= 0.6 is 11.3 Å². The summed E-state index contributed by atoms with van der Waals surface area (Å²) in [5.74, 6) is 0. The summed E-state index contributed by atoms with van der Waals surface area (Å²) in [6, 6.07) is 3.78. The van der Waals surface area contributed by atoms with Crippen molar-refractivity contribution >= 4 is 22.6 Å². The molecule has 4 heteroatoms. The lowest BCUT2D eigenvalue weighted by Crippen LogP contribution is -2.45. The van der Waals surface area contributed by atoms with Crippen molar-refractivity contribution in [1.82, 2.24) is 0 Å². The molecule has 0 spiro atoms. The molecule has 82 valence electrons. The average Bonchev–Trinajstić information content (AvgIpc) is 2.64. The molecule has 2 heterocycles. The first-order chi connectivity index (χ1) is 7.11. The number of carbonyl (C=O) groups excluding carboxylic acids is 1. The van der Waals surface area contributed by atoms with Crippen LogP contribution in [0.4, 0.5) is 5.00 Å². The minimum atomic E-state index is -0.594. The zero-order valence-corrected chi connectivity index (χ0v) is 9.59. The lowest BCUT2D eigenvalue weighted by atomic mass is 9.95. The SMILES string of the molecule is CC1(O)CCCN(c2ccc(C=O)s2)C1. The second-order valence-corrected chi connectivity index (χ2v) is 5.41. The van der Waals surface area contributed by atoms with E-state index in [0.29, 0.717) is 6.54 Å². The monoisotopic (exact) mass is 225 g/mol. The summed E-state index contributed by atoms with van der Waals surface area (Å²) < 4.78 is 0. The van der Waals surface area contributed by atoms with Crippen LogP contribution in [-0.4, -0.2) is 30.1 Å². The lowest BCUT2D eigenvalue weighted by molar-refractivity contribution is 0.0451. The van der Waals surface area contributed by atoms with E-state index in [1.807, 2.05) is 19.1 Å². The van der Waals surface area contributed by atoms with Gasteiger partial charge in [0.15, 0.2) is 6.29 Å². The highest BCUT2D eigenvalue weighted by Gasteiger charge is 2.28. The fourth-order valence-electron chi connectivity index (χ4n) is 1.98. The van der Waals surface area contributed by atoms with Gasteiger partial charge >= 0.3 is 0 Å². The van der Waals surface area contributed by atoms with Gasteiger partial charge in [-0.1, -0.05) is 0 Å². The molecular weight excluding hydrogens is 210 g/mol. The third kappa shape index (κ3) is 2.38. The number of carbonyl (C=O) groups is 1. The number of thiophene rings is 1.